The monoisotopic (exact) mass is 644 g/mol. The van der Waals surface area contributed by atoms with Gasteiger partial charge in [-0.25, -0.2) is 0 Å². The van der Waals surface area contributed by atoms with E-state index >= 15 is 0 Å². The summed E-state index contributed by atoms with van der Waals surface area (Å²) < 4.78 is 0. The van der Waals surface area contributed by atoms with Crippen LogP contribution in [0, 0.1) is 0 Å². The number of aromatic amines is 4. The van der Waals surface area contributed by atoms with E-state index in [1.807, 2.05) is 46.8 Å². The van der Waals surface area contributed by atoms with Gasteiger partial charge in [-0.2, -0.15) is 0 Å². The van der Waals surface area contributed by atoms with E-state index in [2.05, 4.69) is 88.4 Å². The van der Waals surface area contributed by atoms with Crippen LogP contribution in [-0.2, 0) is 0 Å². The van der Waals surface area contributed by atoms with Gasteiger partial charge in [-0.05, 0) is 48.5 Å². The van der Waals surface area contributed by atoms with Crippen molar-refractivity contribution in [3.63, 3.8) is 0 Å². The van der Waals surface area contributed by atoms with Crippen LogP contribution in [0.5, 0.6) is 0 Å². The van der Waals surface area contributed by atoms with Crippen molar-refractivity contribution in [1.29, 1.82) is 0 Å². The lowest BCUT2D eigenvalue weighted by atomic mass is 10.1. The van der Waals surface area contributed by atoms with Gasteiger partial charge < -0.3 is 19.9 Å². The van der Waals surface area contributed by atoms with Crippen LogP contribution in [0.4, 0.5) is 0 Å². The molecule has 0 saturated heterocycles. The van der Waals surface area contributed by atoms with Crippen molar-refractivity contribution in [1.82, 2.24) is 39.9 Å². The average Bonchev–Trinajstić information content (AvgIpc) is 3.90. The Morgan fingerprint density at radius 1 is 0.341 bits per heavy atom. The number of hydrogen-bond acceptors (Lipinski definition) is 8. The molecule has 8 bridgehead atoms. The van der Waals surface area contributed by atoms with Crippen LogP contribution in [0.2, 0.25) is 0 Å². The zero-order chi connectivity index (χ0) is 29.0. The van der Waals surface area contributed by atoms with Crippen LogP contribution < -0.4 is 21.4 Å². The molecule has 0 spiro atoms. The Morgan fingerprint density at radius 2 is 0.614 bits per heavy atom. The fourth-order valence-electron chi connectivity index (χ4n) is 5.75. The van der Waals surface area contributed by atoms with E-state index < -0.39 is 0 Å². The lowest BCUT2D eigenvalue weighted by Gasteiger charge is -2.06. The van der Waals surface area contributed by atoms with Crippen molar-refractivity contribution in [2.45, 2.75) is 0 Å². The average molecular weight is 645 g/mol. The van der Waals surface area contributed by atoms with Gasteiger partial charge >= 0.3 is 0 Å². The molecule has 9 heterocycles. The molecule has 0 fully saturated rings. The van der Waals surface area contributed by atoms with E-state index in [0.29, 0.717) is 0 Å². The van der Waals surface area contributed by atoms with Crippen molar-refractivity contribution < 1.29 is 0 Å². The van der Waals surface area contributed by atoms with Crippen LogP contribution in [0.15, 0.2) is 95.4 Å². The summed E-state index contributed by atoms with van der Waals surface area (Å²) >= 11 is 6.47. The van der Waals surface area contributed by atoms with Gasteiger partial charge in [0.2, 0.25) is 0 Å². The Balaban J connectivity index is 1.44. The van der Waals surface area contributed by atoms with Crippen LogP contribution in [0.1, 0.15) is 42.3 Å². The highest BCUT2D eigenvalue weighted by molar-refractivity contribution is 7.11. The molecular weight excluding hydrogens is 625 g/mol. The molecule has 0 amide bonds. The summed E-state index contributed by atoms with van der Waals surface area (Å²) in [4.78, 5) is 37.0. The molecule has 0 radical (unpaired) electrons. The SMILES string of the molecule is c1ncc(C2=c3ccc([nH]3)=C(c3cncs3)c3ccc([nH]3)C(c3cncs3)=c3ccc([nH]3)=C(c3cncs3)c3ccc2[nH]3)s1. The summed E-state index contributed by atoms with van der Waals surface area (Å²) in [7, 11) is 0. The number of nitrogens with zero attached hydrogens (tertiary/aromatic N) is 4. The van der Waals surface area contributed by atoms with E-state index in [4.69, 9.17) is 0 Å². The largest absolute Gasteiger partial charge is 0.354 e. The lowest BCUT2D eigenvalue weighted by molar-refractivity contribution is 1.19. The van der Waals surface area contributed by atoms with Crippen molar-refractivity contribution >= 4 is 67.6 Å². The van der Waals surface area contributed by atoms with Gasteiger partial charge in [-0.1, -0.05) is 0 Å². The Labute approximate surface area is 265 Å². The number of fused-ring (bicyclic) bond motifs is 8. The second-order valence-corrected chi connectivity index (χ2v) is 13.7. The molecule has 0 aromatic carbocycles. The second-order valence-electron chi connectivity index (χ2n) is 10.1. The Hall–Kier alpha value is -4.88. The van der Waals surface area contributed by atoms with Gasteiger partial charge in [0.25, 0.3) is 0 Å². The standard InChI is InChI=1S/C32H20N8S4/c1-2-18-30(26-10-34-14-42-26)20-5-6-22(39-20)32(28-12-36-16-44-28)24-8-7-23(40-24)31(27-11-35-15-43-27)21-4-3-19(38-21)29(17(1)37-18)25-9-33-13-41-25/h1-16,37-40H. The number of hydrogen-bond donors (Lipinski definition) is 4. The van der Waals surface area contributed by atoms with E-state index in [-0.39, 0.29) is 0 Å². The minimum Gasteiger partial charge on any atom is -0.354 e. The van der Waals surface area contributed by atoms with E-state index in [0.717, 1.165) is 86.0 Å². The maximum Gasteiger partial charge on any atom is 0.0798 e. The molecule has 8 aromatic rings. The third kappa shape index (κ3) is 4.22. The lowest BCUT2D eigenvalue weighted by Crippen LogP contribution is -2.18. The topological polar surface area (TPSA) is 115 Å². The van der Waals surface area contributed by atoms with E-state index in [1.54, 1.807) is 45.3 Å². The molecule has 0 saturated carbocycles. The first-order valence-corrected chi connectivity index (χ1v) is 17.1. The maximum absolute atomic E-state index is 4.41. The molecule has 1 aliphatic rings. The van der Waals surface area contributed by atoms with E-state index in [1.165, 1.54) is 0 Å². The summed E-state index contributed by atoms with van der Waals surface area (Å²) in [6, 6.07) is 17.2. The number of nitrogens with one attached hydrogen (secondary N) is 4. The molecule has 212 valence electrons. The summed E-state index contributed by atoms with van der Waals surface area (Å²) in [6.45, 7) is 0. The highest BCUT2D eigenvalue weighted by Crippen LogP contribution is 2.30. The molecule has 1 aliphatic heterocycles. The molecule has 0 aliphatic carbocycles. The molecular formula is C32H20N8S4. The molecule has 8 aromatic heterocycles. The molecule has 4 N–H and O–H groups in total. The third-order valence-electron chi connectivity index (χ3n) is 7.61. The van der Waals surface area contributed by atoms with Gasteiger partial charge in [0.05, 0.1) is 41.6 Å². The van der Waals surface area contributed by atoms with Gasteiger partial charge in [-0.15, -0.1) is 45.3 Å². The van der Waals surface area contributed by atoms with Crippen molar-refractivity contribution in [2.75, 3.05) is 0 Å². The van der Waals surface area contributed by atoms with Crippen molar-refractivity contribution in [3.05, 3.63) is 159 Å². The Morgan fingerprint density at radius 3 is 0.841 bits per heavy atom. The van der Waals surface area contributed by atoms with Crippen molar-refractivity contribution in [2.24, 2.45) is 0 Å². The first-order valence-electron chi connectivity index (χ1n) is 13.6. The number of thiazole rings is 4. The molecule has 0 atom stereocenters. The molecule has 0 unspecified atom stereocenters. The van der Waals surface area contributed by atoms with Gasteiger partial charge in [0, 0.05) is 91.3 Å². The summed E-state index contributed by atoms with van der Waals surface area (Å²) in [5.41, 5.74) is 15.7. The van der Waals surface area contributed by atoms with Crippen LogP contribution in [-0.4, -0.2) is 39.9 Å². The minimum absolute atomic E-state index is 0.997. The predicted octanol–water partition coefficient (Wildman–Crippen LogP) is 4.13. The second kappa shape index (κ2) is 10.4. The molecule has 9 rings (SSSR count). The first-order chi connectivity index (χ1) is 21.8. The van der Waals surface area contributed by atoms with Gasteiger partial charge in [0.1, 0.15) is 0 Å². The Kier molecular flexibility index (Phi) is 6.04. The maximum atomic E-state index is 4.41. The van der Waals surface area contributed by atoms with Gasteiger partial charge in [0.15, 0.2) is 0 Å². The van der Waals surface area contributed by atoms with Crippen LogP contribution in [0.3, 0.4) is 0 Å². The quantitative estimate of drug-likeness (QED) is 0.231. The number of H-pyrrole nitrogens is 4. The number of aromatic nitrogens is 8. The van der Waals surface area contributed by atoms with Crippen LogP contribution >= 0.6 is 45.3 Å². The zero-order valence-electron chi connectivity index (χ0n) is 22.7. The fourth-order valence-corrected chi connectivity index (χ4v) is 8.53. The normalized spacial score (nSPS) is 13.3. The third-order valence-corrected chi connectivity index (χ3v) is 10.8. The van der Waals surface area contributed by atoms with Crippen LogP contribution in [0.25, 0.3) is 22.3 Å². The minimum atomic E-state index is 0.997. The highest BCUT2D eigenvalue weighted by Gasteiger charge is 2.19. The fraction of sp³-hybridized carbons (Fsp3) is 0. The molecule has 44 heavy (non-hydrogen) atoms. The summed E-state index contributed by atoms with van der Waals surface area (Å²) in [5.74, 6) is 0. The molecule has 12 heteroatoms. The van der Waals surface area contributed by atoms with Crippen molar-refractivity contribution in [3.8, 4) is 0 Å². The predicted molar refractivity (Wildman–Crippen MR) is 177 cm³/mol. The highest BCUT2D eigenvalue weighted by atomic mass is 32.1. The Bertz CT molecular complexity index is 2140. The zero-order valence-corrected chi connectivity index (χ0v) is 25.9. The summed E-state index contributed by atoms with van der Waals surface area (Å²) in [5, 5.41) is 3.99. The number of rotatable bonds is 4. The summed E-state index contributed by atoms with van der Waals surface area (Å²) in [6.07, 6.45) is 7.69. The van der Waals surface area contributed by atoms with Gasteiger partial charge in [-0.3, -0.25) is 19.9 Å². The first kappa shape index (κ1) is 25.6. The molecule has 8 nitrogen and oxygen atoms in total. The van der Waals surface area contributed by atoms with E-state index in [9.17, 15) is 0 Å². The smallest absolute Gasteiger partial charge is 0.0798 e.